The summed E-state index contributed by atoms with van der Waals surface area (Å²) in [5.74, 6) is 0. The van der Waals surface area contributed by atoms with E-state index in [2.05, 4.69) is 21.0 Å². The highest BCUT2D eigenvalue weighted by atomic mass is 35.5. The number of nitriles is 1. The van der Waals surface area contributed by atoms with Crippen LogP contribution in [0.2, 0.25) is 10.0 Å². The van der Waals surface area contributed by atoms with Crippen LogP contribution in [-0.4, -0.2) is 25.6 Å². The van der Waals surface area contributed by atoms with Gasteiger partial charge in [0.25, 0.3) is 0 Å². The molecular weight excluding hydrogens is 329 g/mol. The van der Waals surface area contributed by atoms with Crippen LogP contribution in [0.5, 0.6) is 0 Å². The van der Waals surface area contributed by atoms with Crippen molar-refractivity contribution in [2.45, 2.75) is 5.16 Å². The van der Waals surface area contributed by atoms with Gasteiger partial charge in [0.1, 0.15) is 16.8 Å². The Hall–Kier alpha value is -1.81. The summed E-state index contributed by atoms with van der Waals surface area (Å²) in [6, 6.07) is 3.76. The molecule has 0 fully saturated rings. The van der Waals surface area contributed by atoms with Crippen molar-refractivity contribution in [3.05, 3.63) is 40.3 Å². The SMILES string of the molecule is CSc1ncc(C#N)c(-c2cnc3c(Cl)c(Cl)ccn23)n1. The topological polar surface area (TPSA) is 66.9 Å². The number of pyridine rings is 1. The minimum atomic E-state index is 0.364. The zero-order valence-corrected chi connectivity index (χ0v) is 13.0. The molecule has 0 aromatic carbocycles. The third kappa shape index (κ3) is 2.33. The predicted molar refractivity (Wildman–Crippen MR) is 82.7 cm³/mol. The Labute approximate surface area is 134 Å². The van der Waals surface area contributed by atoms with E-state index in [1.54, 1.807) is 22.9 Å². The van der Waals surface area contributed by atoms with Gasteiger partial charge in [-0.05, 0) is 12.3 Å². The van der Waals surface area contributed by atoms with Gasteiger partial charge >= 0.3 is 0 Å². The molecule has 21 heavy (non-hydrogen) atoms. The van der Waals surface area contributed by atoms with Crippen LogP contribution < -0.4 is 0 Å². The molecule has 8 heteroatoms. The largest absolute Gasteiger partial charge is 0.297 e. The molecule has 0 saturated heterocycles. The predicted octanol–water partition coefficient (Wildman–Crippen LogP) is 3.69. The zero-order chi connectivity index (χ0) is 15.0. The number of nitrogens with zero attached hydrogens (tertiary/aromatic N) is 5. The molecule has 0 amide bonds. The van der Waals surface area contributed by atoms with Gasteiger partial charge in [0.05, 0.1) is 22.5 Å². The van der Waals surface area contributed by atoms with Gasteiger partial charge in [-0.3, -0.25) is 4.40 Å². The van der Waals surface area contributed by atoms with Crippen molar-refractivity contribution >= 4 is 40.6 Å². The molecule has 0 aliphatic carbocycles. The molecule has 0 atom stereocenters. The van der Waals surface area contributed by atoms with Crippen LogP contribution in [0.15, 0.2) is 29.8 Å². The maximum atomic E-state index is 9.24. The summed E-state index contributed by atoms with van der Waals surface area (Å²) in [5, 5.41) is 10.6. The van der Waals surface area contributed by atoms with Crippen LogP contribution in [0.1, 0.15) is 5.56 Å². The van der Waals surface area contributed by atoms with Crippen LogP contribution in [0.3, 0.4) is 0 Å². The molecule has 0 aliphatic heterocycles. The first kappa shape index (κ1) is 14.1. The van der Waals surface area contributed by atoms with Crippen LogP contribution in [0, 0.1) is 11.3 Å². The van der Waals surface area contributed by atoms with Crippen LogP contribution >= 0.6 is 35.0 Å². The van der Waals surface area contributed by atoms with E-state index in [0.29, 0.717) is 37.8 Å². The molecule has 0 unspecified atom stereocenters. The van der Waals surface area contributed by atoms with E-state index in [0.717, 1.165) is 0 Å². The first-order valence-electron chi connectivity index (χ1n) is 5.78. The first-order valence-corrected chi connectivity index (χ1v) is 7.76. The average molecular weight is 336 g/mol. The molecule has 3 aromatic heterocycles. The number of thioether (sulfide) groups is 1. The van der Waals surface area contributed by atoms with E-state index in [4.69, 9.17) is 23.2 Å². The molecule has 0 saturated carbocycles. The van der Waals surface area contributed by atoms with Crippen molar-refractivity contribution in [3.8, 4) is 17.5 Å². The number of hydrogen-bond donors (Lipinski definition) is 0. The summed E-state index contributed by atoms with van der Waals surface area (Å²) in [5.41, 5.74) is 2.08. The van der Waals surface area contributed by atoms with E-state index >= 15 is 0 Å². The van der Waals surface area contributed by atoms with E-state index in [1.807, 2.05) is 6.26 Å². The molecule has 0 N–H and O–H groups in total. The standard InChI is InChI=1S/C13H7Cl2N5S/c1-21-13-18-5-7(4-16)11(19-13)9-6-17-12-10(15)8(14)2-3-20(9)12/h2-3,5-6H,1H3. The van der Waals surface area contributed by atoms with Crippen LogP contribution in [0.25, 0.3) is 17.0 Å². The fraction of sp³-hybridized carbons (Fsp3) is 0.0769. The highest BCUT2D eigenvalue weighted by Gasteiger charge is 2.16. The smallest absolute Gasteiger partial charge is 0.187 e. The number of hydrogen-bond acceptors (Lipinski definition) is 5. The van der Waals surface area contributed by atoms with Gasteiger partial charge in [-0.1, -0.05) is 35.0 Å². The number of halogens is 2. The summed E-state index contributed by atoms with van der Waals surface area (Å²) in [6.07, 6.45) is 6.74. The molecular formula is C13H7Cl2N5S. The monoisotopic (exact) mass is 335 g/mol. The Balaban J connectivity index is 2.31. The lowest BCUT2D eigenvalue weighted by Crippen LogP contribution is -1.97. The zero-order valence-electron chi connectivity index (χ0n) is 10.7. The second kappa shape index (κ2) is 5.53. The third-order valence-corrected chi connectivity index (χ3v) is 4.23. The Morgan fingerprint density at radius 3 is 2.81 bits per heavy atom. The van der Waals surface area contributed by atoms with Crippen molar-refractivity contribution in [3.63, 3.8) is 0 Å². The van der Waals surface area contributed by atoms with Gasteiger partial charge in [-0.2, -0.15) is 5.26 Å². The quantitative estimate of drug-likeness (QED) is 0.527. The normalized spacial score (nSPS) is 10.8. The first-order chi connectivity index (χ1) is 10.2. The minimum absolute atomic E-state index is 0.364. The fourth-order valence-electron chi connectivity index (χ4n) is 1.91. The minimum Gasteiger partial charge on any atom is -0.297 e. The lowest BCUT2D eigenvalue weighted by atomic mass is 10.2. The van der Waals surface area contributed by atoms with Gasteiger partial charge in [-0.15, -0.1) is 0 Å². The summed E-state index contributed by atoms with van der Waals surface area (Å²) < 4.78 is 1.75. The van der Waals surface area contributed by atoms with Gasteiger partial charge < -0.3 is 0 Å². The van der Waals surface area contributed by atoms with Gasteiger partial charge in [0.15, 0.2) is 10.8 Å². The fourth-order valence-corrected chi connectivity index (χ4v) is 2.59. The van der Waals surface area contributed by atoms with E-state index in [9.17, 15) is 5.26 Å². The number of imidazole rings is 1. The Morgan fingerprint density at radius 1 is 1.29 bits per heavy atom. The Kier molecular flexibility index (Phi) is 3.72. The number of fused-ring (bicyclic) bond motifs is 1. The highest BCUT2D eigenvalue weighted by molar-refractivity contribution is 7.98. The maximum Gasteiger partial charge on any atom is 0.187 e. The van der Waals surface area contributed by atoms with Crippen molar-refractivity contribution in [2.24, 2.45) is 0 Å². The molecule has 0 radical (unpaired) electrons. The lowest BCUT2D eigenvalue weighted by molar-refractivity contribution is 0.961. The molecule has 3 heterocycles. The molecule has 3 rings (SSSR count). The second-order valence-corrected chi connectivity index (χ2v) is 5.60. The lowest BCUT2D eigenvalue weighted by Gasteiger charge is -2.05. The van der Waals surface area contributed by atoms with Crippen LogP contribution in [-0.2, 0) is 0 Å². The summed E-state index contributed by atoms with van der Waals surface area (Å²) in [4.78, 5) is 12.8. The number of aromatic nitrogens is 4. The molecule has 0 spiro atoms. The third-order valence-electron chi connectivity index (χ3n) is 2.89. The highest BCUT2D eigenvalue weighted by Crippen LogP contribution is 2.30. The van der Waals surface area contributed by atoms with Gasteiger partial charge in [0, 0.05) is 12.4 Å². The van der Waals surface area contributed by atoms with Crippen molar-refractivity contribution in [1.82, 2.24) is 19.4 Å². The molecule has 5 nitrogen and oxygen atoms in total. The molecule has 3 aromatic rings. The summed E-state index contributed by atoms with van der Waals surface area (Å²) in [6.45, 7) is 0. The number of rotatable bonds is 2. The summed E-state index contributed by atoms with van der Waals surface area (Å²) in [7, 11) is 0. The van der Waals surface area contributed by atoms with Gasteiger partial charge in [0.2, 0.25) is 0 Å². The maximum absolute atomic E-state index is 9.24. The van der Waals surface area contributed by atoms with Crippen molar-refractivity contribution in [1.29, 1.82) is 5.26 Å². The molecule has 104 valence electrons. The average Bonchev–Trinajstić information content (AvgIpc) is 2.94. The van der Waals surface area contributed by atoms with Gasteiger partial charge in [-0.25, -0.2) is 15.0 Å². The molecule has 0 bridgehead atoms. The summed E-state index contributed by atoms with van der Waals surface area (Å²) >= 11 is 13.5. The van der Waals surface area contributed by atoms with Crippen molar-refractivity contribution in [2.75, 3.05) is 6.26 Å². The van der Waals surface area contributed by atoms with E-state index < -0.39 is 0 Å². The molecule has 0 aliphatic rings. The van der Waals surface area contributed by atoms with E-state index in [1.165, 1.54) is 18.0 Å². The Bertz CT molecular complexity index is 884. The Morgan fingerprint density at radius 2 is 2.10 bits per heavy atom. The van der Waals surface area contributed by atoms with E-state index in [-0.39, 0.29) is 0 Å². The van der Waals surface area contributed by atoms with Crippen LogP contribution in [0.4, 0.5) is 0 Å². The second-order valence-electron chi connectivity index (χ2n) is 4.05. The van der Waals surface area contributed by atoms with Crippen molar-refractivity contribution < 1.29 is 0 Å².